The molecule has 0 bridgehead atoms. The molecule has 2 aromatic rings. The summed E-state index contributed by atoms with van der Waals surface area (Å²) in [5.41, 5.74) is 3.02. The van der Waals surface area contributed by atoms with Crippen LogP contribution in [0.15, 0.2) is 64.5 Å². The Hall–Kier alpha value is -1.98. The fraction of sp³-hybridized carbons (Fsp3) is 0.286. The number of hydrogen-bond acceptors (Lipinski definition) is 4. The van der Waals surface area contributed by atoms with Crippen molar-refractivity contribution in [3.8, 4) is 0 Å². The van der Waals surface area contributed by atoms with Crippen LogP contribution in [0.4, 0.5) is 0 Å². The van der Waals surface area contributed by atoms with E-state index in [0.717, 1.165) is 36.7 Å². The molecule has 1 aromatic carbocycles. The Kier molecular flexibility index (Phi) is 6.58. The zero-order valence-electron chi connectivity index (χ0n) is 14.9. The van der Waals surface area contributed by atoms with Crippen LogP contribution >= 0.6 is 23.1 Å². The van der Waals surface area contributed by atoms with Crippen LogP contribution in [-0.2, 0) is 17.8 Å². The highest BCUT2D eigenvalue weighted by atomic mass is 32.2. The number of aliphatic carboxylic acids is 1. The molecule has 0 unspecified atom stereocenters. The Morgan fingerprint density at radius 1 is 1.27 bits per heavy atom. The molecule has 5 heteroatoms. The van der Waals surface area contributed by atoms with Crippen LogP contribution in [0.5, 0.6) is 0 Å². The van der Waals surface area contributed by atoms with E-state index >= 15 is 0 Å². The van der Waals surface area contributed by atoms with Gasteiger partial charge in [-0.15, -0.1) is 23.1 Å². The van der Waals surface area contributed by atoms with Crippen molar-refractivity contribution in [3.05, 3.63) is 80.5 Å². The first-order valence-electron chi connectivity index (χ1n) is 8.73. The average Bonchev–Trinajstić information content (AvgIpc) is 3.14. The van der Waals surface area contributed by atoms with Crippen molar-refractivity contribution in [3.63, 3.8) is 0 Å². The van der Waals surface area contributed by atoms with E-state index in [1.807, 2.05) is 12.1 Å². The van der Waals surface area contributed by atoms with Gasteiger partial charge in [0.1, 0.15) is 0 Å². The third-order valence-corrected chi connectivity index (χ3v) is 6.36. The molecule has 3 nitrogen and oxygen atoms in total. The minimum Gasteiger partial charge on any atom is -0.478 e. The Morgan fingerprint density at radius 2 is 2.08 bits per heavy atom. The van der Waals surface area contributed by atoms with E-state index in [-0.39, 0.29) is 0 Å². The van der Waals surface area contributed by atoms with Gasteiger partial charge < -0.3 is 10.0 Å². The Bertz CT molecular complexity index is 792. The molecule has 0 aliphatic carbocycles. The Balaban J connectivity index is 1.63. The molecular weight excluding hydrogens is 362 g/mol. The lowest BCUT2D eigenvalue weighted by Gasteiger charge is -2.29. The van der Waals surface area contributed by atoms with Gasteiger partial charge in [0.2, 0.25) is 0 Å². The molecule has 26 heavy (non-hydrogen) atoms. The highest BCUT2D eigenvalue weighted by molar-refractivity contribution is 8.03. The fourth-order valence-corrected chi connectivity index (χ4v) is 4.72. The standard InChI is InChI=1S/C21H23NO2S2/c1-16-8-10-17(11-9-16)5-3-14-26-20-19(21(23)24)7-2-12-22(20)15-18-6-4-13-25-18/h2,4,6-11,13H,3,5,12,14-15H2,1H3,(H,23,24). The van der Waals surface area contributed by atoms with Crippen LogP contribution in [0.2, 0.25) is 0 Å². The van der Waals surface area contributed by atoms with E-state index in [0.29, 0.717) is 5.57 Å². The van der Waals surface area contributed by atoms with Gasteiger partial charge in [-0.3, -0.25) is 0 Å². The molecule has 0 saturated heterocycles. The third-order valence-electron chi connectivity index (χ3n) is 4.25. The number of nitrogens with zero attached hydrogens (tertiary/aromatic N) is 1. The average molecular weight is 386 g/mol. The lowest BCUT2D eigenvalue weighted by atomic mass is 10.1. The molecular formula is C21H23NO2S2. The van der Waals surface area contributed by atoms with Gasteiger partial charge >= 0.3 is 5.97 Å². The summed E-state index contributed by atoms with van der Waals surface area (Å²) >= 11 is 3.37. The van der Waals surface area contributed by atoms with Crippen LogP contribution in [-0.4, -0.2) is 28.3 Å². The Labute approximate surface area is 163 Å². The zero-order valence-corrected chi connectivity index (χ0v) is 16.5. The van der Waals surface area contributed by atoms with Crippen molar-refractivity contribution in [1.29, 1.82) is 0 Å². The normalized spacial score (nSPS) is 14.1. The maximum Gasteiger partial charge on any atom is 0.338 e. The van der Waals surface area contributed by atoms with E-state index in [9.17, 15) is 9.90 Å². The lowest BCUT2D eigenvalue weighted by molar-refractivity contribution is -0.132. The number of rotatable bonds is 8. The number of carboxylic acid groups (broad SMARTS) is 1. The van der Waals surface area contributed by atoms with Gasteiger partial charge in [-0.05, 0) is 48.6 Å². The molecule has 0 fully saturated rings. The molecule has 1 aliphatic rings. The SMILES string of the molecule is Cc1ccc(CCCSC2=C(C(=O)O)C=CCN2Cc2cccs2)cc1. The second-order valence-corrected chi connectivity index (χ2v) is 8.44. The Morgan fingerprint density at radius 3 is 2.77 bits per heavy atom. The van der Waals surface area contributed by atoms with E-state index in [1.54, 1.807) is 29.2 Å². The summed E-state index contributed by atoms with van der Waals surface area (Å²) in [6, 6.07) is 12.8. The quantitative estimate of drug-likeness (QED) is 0.643. The molecule has 0 spiro atoms. The summed E-state index contributed by atoms with van der Waals surface area (Å²) in [4.78, 5) is 15.1. The van der Waals surface area contributed by atoms with Crippen LogP contribution in [0.3, 0.4) is 0 Å². The minimum atomic E-state index is -0.849. The third kappa shape index (κ3) is 5.02. The molecule has 1 N–H and O–H groups in total. The molecule has 0 radical (unpaired) electrons. The van der Waals surface area contributed by atoms with Gasteiger partial charge in [0.05, 0.1) is 17.1 Å². The van der Waals surface area contributed by atoms with Gasteiger partial charge in [0, 0.05) is 11.4 Å². The van der Waals surface area contributed by atoms with Crippen molar-refractivity contribution >= 4 is 29.1 Å². The second kappa shape index (κ2) is 9.10. The second-order valence-electron chi connectivity index (χ2n) is 6.32. The molecule has 1 aliphatic heterocycles. The summed E-state index contributed by atoms with van der Waals surface area (Å²) in [5.74, 6) is 0.0626. The molecule has 3 rings (SSSR count). The van der Waals surface area contributed by atoms with Crippen LogP contribution < -0.4 is 0 Å². The first-order valence-corrected chi connectivity index (χ1v) is 10.6. The summed E-state index contributed by atoms with van der Waals surface area (Å²) in [6.45, 7) is 3.62. The summed E-state index contributed by atoms with van der Waals surface area (Å²) in [7, 11) is 0. The number of aryl methyl sites for hydroxylation is 2. The monoisotopic (exact) mass is 385 g/mol. The van der Waals surface area contributed by atoms with Crippen LogP contribution in [0, 0.1) is 6.92 Å². The highest BCUT2D eigenvalue weighted by Gasteiger charge is 2.21. The van der Waals surface area contributed by atoms with Gasteiger partial charge in [0.15, 0.2) is 0 Å². The van der Waals surface area contributed by atoms with E-state index in [4.69, 9.17) is 0 Å². The summed E-state index contributed by atoms with van der Waals surface area (Å²) in [5, 5.41) is 12.5. The fourth-order valence-electron chi connectivity index (χ4n) is 2.88. The minimum absolute atomic E-state index is 0.410. The van der Waals surface area contributed by atoms with Gasteiger partial charge in [0.25, 0.3) is 0 Å². The smallest absolute Gasteiger partial charge is 0.338 e. The molecule has 0 amide bonds. The topological polar surface area (TPSA) is 40.5 Å². The number of benzene rings is 1. The first-order chi connectivity index (χ1) is 12.6. The van der Waals surface area contributed by atoms with Crippen molar-refractivity contribution < 1.29 is 9.90 Å². The van der Waals surface area contributed by atoms with Crippen molar-refractivity contribution in [2.45, 2.75) is 26.3 Å². The van der Waals surface area contributed by atoms with Crippen molar-refractivity contribution in [2.75, 3.05) is 12.3 Å². The number of thiophene rings is 1. The number of thioether (sulfide) groups is 1. The number of hydrogen-bond donors (Lipinski definition) is 1. The van der Waals surface area contributed by atoms with Gasteiger partial charge in [-0.25, -0.2) is 4.79 Å². The molecule has 136 valence electrons. The van der Waals surface area contributed by atoms with Gasteiger partial charge in [-0.2, -0.15) is 0 Å². The maximum absolute atomic E-state index is 11.7. The highest BCUT2D eigenvalue weighted by Crippen LogP contribution is 2.31. The number of carboxylic acids is 1. The van der Waals surface area contributed by atoms with E-state index < -0.39 is 5.97 Å². The van der Waals surface area contributed by atoms with E-state index in [1.165, 1.54) is 16.0 Å². The summed E-state index contributed by atoms with van der Waals surface area (Å²) in [6.07, 6.45) is 5.73. The maximum atomic E-state index is 11.7. The predicted molar refractivity (Wildman–Crippen MR) is 110 cm³/mol. The predicted octanol–water partition coefficient (Wildman–Crippen LogP) is 5.09. The largest absolute Gasteiger partial charge is 0.478 e. The molecule has 1 aromatic heterocycles. The van der Waals surface area contributed by atoms with Crippen LogP contribution in [0.25, 0.3) is 0 Å². The lowest BCUT2D eigenvalue weighted by Crippen LogP contribution is -2.26. The zero-order chi connectivity index (χ0) is 18.4. The van der Waals surface area contributed by atoms with Gasteiger partial charge in [-0.1, -0.05) is 42.0 Å². The first kappa shape index (κ1) is 18.8. The molecule has 0 saturated carbocycles. The van der Waals surface area contributed by atoms with Crippen molar-refractivity contribution in [1.82, 2.24) is 4.90 Å². The number of carbonyl (C=O) groups is 1. The van der Waals surface area contributed by atoms with E-state index in [2.05, 4.69) is 47.5 Å². The van der Waals surface area contributed by atoms with Crippen LogP contribution in [0.1, 0.15) is 22.4 Å². The van der Waals surface area contributed by atoms with Crippen molar-refractivity contribution in [2.24, 2.45) is 0 Å². The molecule has 2 heterocycles. The molecule has 0 atom stereocenters. The summed E-state index contributed by atoms with van der Waals surface area (Å²) < 4.78 is 0.